The molecule has 3 rings (SSSR count). The molecule has 0 spiro atoms. The van der Waals surface area contributed by atoms with E-state index in [0.717, 1.165) is 19.5 Å². The number of nitrogens with zero attached hydrogens (tertiary/aromatic N) is 4. The summed E-state index contributed by atoms with van der Waals surface area (Å²) in [5.74, 6) is 0.716. The van der Waals surface area contributed by atoms with Crippen molar-refractivity contribution in [1.82, 2.24) is 19.6 Å². The molecule has 84 valence electrons. The molecule has 0 aromatic carbocycles. The van der Waals surface area contributed by atoms with Gasteiger partial charge in [-0.05, 0) is 6.42 Å². The first-order valence-electron chi connectivity index (χ1n) is 5.18. The van der Waals surface area contributed by atoms with E-state index in [2.05, 4.69) is 20.1 Å². The van der Waals surface area contributed by atoms with Gasteiger partial charge in [0.15, 0.2) is 5.82 Å². The number of fused-ring (bicyclic) bond motifs is 1. The first-order valence-corrected chi connectivity index (χ1v) is 5.18. The van der Waals surface area contributed by atoms with Crippen molar-refractivity contribution in [2.75, 3.05) is 18.0 Å². The molecule has 1 aliphatic heterocycles. The molecule has 16 heavy (non-hydrogen) atoms. The van der Waals surface area contributed by atoms with Crippen molar-refractivity contribution < 1.29 is 0 Å². The highest BCUT2D eigenvalue weighted by atomic mass is 16.1. The molecule has 7 heteroatoms. The van der Waals surface area contributed by atoms with Crippen LogP contribution >= 0.6 is 0 Å². The maximum absolute atomic E-state index is 11.4. The monoisotopic (exact) mass is 220 g/mol. The third kappa shape index (κ3) is 1.28. The van der Waals surface area contributed by atoms with Gasteiger partial charge in [-0.1, -0.05) is 0 Å². The predicted molar refractivity (Wildman–Crippen MR) is 58.4 cm³/mol. The summed E-state index contributed by atoms with van der Waals surface area (Å²) in [6.45, 7) is 1.61. The number of aromatic amines is 1. The Hall–Kier alpha value is -1.89. The van der Waals surface area contributed by atoms with E-state index in [1.54, 1.807) is 12.4 Å². The quantitative estimate of drug-likeness (QED) is 0.640. The molecule has 1 saturated heterocycles. The van der Waals surface area contributed by atoms with Crippen LogP contribution < -0.4 is 16.3 Å². The van der Waals surface area contributed by atoms with Gasteiger partial charge in [0.2, 0.25) is 5.65 Å². The summed E-state index contributed by atoms with van der Waals surface area (Å²) in [6, 6.07) is 0.174. The van der Waals surface area contributed by atoms with Crippen LogP contribution in [0.1, 0.15) is 6.42 Å². The van der Waals surface area contributed by atoms with Gasteiger partial charge < -0.3 is 10.6 Å². The van der Waals surface area contributed by atoms with Crippen molar-refractivity contribution in [1.29, 1.82) is 0 Å². The van der Waals surface area contributed by atoms with Crippen molar-refractivity contribution in [2.24, 2.45) is 5.73 Å². The summed E-state index contributed by atoms with van der Waals surface area (Å²) in [4.78, 5) is 17.7. The van der Waals surface area contributed by atoms with Crippen molar-refractivity contribution in [3.63, 3.8) is 0 Å². The largest absolute Gasteiger partial charge is 0.352 e. The molecule has 1 aliphatic rings. The lowest BCUT2D eigenvalue weighted by Gasteiger charge is -2.16. The lowest BCUT2D eigenvalue weighted by molar-refractivity contribution is 0.751. The Kier molecular flexibility index (Phi) is 1.93. The van der Waals surface area contributed by atoms with Crippen molar-refractivity contribution in [2.45, 2.75) is 12.5 Å². The Bertz CT molecular complexity index is 573. The smallest absolute Gasteiger partial charge is 0.347 e. The van der Waals surface area contributed by atoms with Crippen molar-refractivity contribution in [3.8, 4) is 0 Å². The molecule has 3 N–H and O–H groups in total. The highest BCUT2D eigenvalue weighted by Gasteiger charge is 2.23. The number of nitrogens with one attached hydrogen (secondary N) is 1. The maximum atomic E-state index is 11.4. The SMILES string of the molecule is N[C@H]1CCN(c2nccn3c(=O)[nH]nc23)C1. The Morgan fingerprint density at radius 2 is 2.44 bits per heavy atom. The van der Waals surface area contributed by atoms with Gasteiger partial charge in [-0.15, -0.1) is 5.10 Å². The van der Waals surface area contributed by atoms with Crippen LogP contribution in [0.3, 0.4) is 0 Å². The molecular weight excluding hydrogens is 208 g/mol. The van der Waals surface area contributed by atoms with E-state index in [-0.39, 0.29) is 11.7 Å². The van der Waals surface area contributed by atoms with Gasteiger partial charge in [0.05, 0.1) is 0 Å². The second-order valence-electron chi connectivity index (χ2n) is 3.97. The molecule has 2 aromatic heterocycles. The molecular formula is C9H12N6O. The van der Waals surface area contributed by atoms with Crippen LogP contribution in [0.15, 0.2) is 17.2 Å². The third-order valence-corrected chi connectivity index (χ3v) is 2.84. The van der Waals surface area contributed by atoms with Crippen LogP contribution in [0.25, 0.3) is 5.65 Å². The average Bonchev–Trinajstić information content (AvgIpc) is 2.86. The van der Waals surface area contributed by atoms with Gasteiger partial charge in [0, 0.05) is 31.5 Å². The first kappa shape index (κ1) is 9.34. The number of rotatable bonds is 1. The fraction of sp³-hybridized carbons (Fsp3) is 0.444. The molecule has 0 unspecified atom stereocenters. The maximum Gasteiger partial charge on any atom is 0.347 e. The number of nitrogens with two attached hydrogens (primary N) is 1. The lowest BCUT2D eigenvalue weighted by Crippen LogP contribution is -2.27. The fourth-order valence-corrected chi connectivity index (χ4v) is 2.03. The second kappa shape index (κ2) is 3.31. The molecule has 0 bridgehead atoms. The van der Waals surface area contributed by atoms with Crippen LogP contribution in [0.2, 0.25) is 0 Å². The van der Waals surface area contributed by atoms with Gasteiger partial charge in [-0.3, -0.25) is 0 Å². The summed E-state index contributed by atoms with van der Waals surface area (Å²) in [5.41, 5.74) is 6.15. The number of anilines is 1. The highest BCUT2D eigenvalue weighted by Crippen LogP contribution is 2.19. The van der Waals surface area contributed by atoms with Gasteiger partial charge >= 0.3 is 5.69 Å². The summed E-state index contributed by atoms with van der Waals surface area (Å²) in [7, 11) is 0. The summed E-state index contributed by atoms with van der Waals surface area (Å²) < 4.78 is 1.45. The van der Waals surface area contributed by atoms with Gasteiger partial charge in [0.25, 0.3) is 0 Å². The van der Waals surface area contributed by atoms with E-state index in [4.69, 9.17) is 5.73 Å². The summed E-state index contributed by atoms with van der Waals surface area (Å²) in [6.07, 6.45) is 4.14. The minimum atomic E-state index is -0.248. The Morgan fingerprint density at radius 1 is 1.56 bits per heavy atom. The van der Waals surface area contributed by atoms with Gasteiger partial charge in [-0.2, -0.15) is 0 Å². The lowest BCUT2D eigenvalue weighted by atomic mass is 10.3. The zero-order valence-corrected chi connectivity index (χ0v) is 8.63. The van der Waals surface area contributed by atoms with E-state index in [1.807, 2.05) is 0 Å². The molecule has 0 radical (unpaired) electrons. The first-order chi connectivity index (χ1) is 7.75. The van der Waals surface area contributed by atoms with E-state index in [9.17, 15) is 4.79 Å². The van der Waals surface area contributed by atoms with Crippen LogP contribution in [-0.4, -0.2) is 38.7 Å². The molecule has 1 atom stereocenters. The molecule has 0 saturated carbocycles. The Morgan fingerprint density at radius 3 is 3.19 bits per heavy atom. The molecule has 0 aliphatic carbocycles. The van der Waals surface area contributed by atoms with Crippen molar-refractivity contribution in [3.05, 3.63) is 22.9 Å². The molecule has 7 nitrogen and oxygen atoms in total. The van der Waals surface area contributed by atoms with Gasteiger partial charge in [-0.25, -0.2) is 19.3 Å². The number of aromatic nitrogens is 4. The Balaban J connectivity index is 2.13. The zero-order valence-electron chi connectivity index (χ0n) is 8.63. The van der Waals surface area contributed by atoms with Crippen molar-refractivity contribution >= 4 is 11.5 Å². The number of hydrogen-bond acceptors (Lipinski definition) is 5. The van der Waals surface area contributed by atoms with E-state index < -0.39 is 0 Å². The fourth-order valence-electron chi connectivity index (χ4n) is 2.03. The minimum Gasteiger partial charge on any atom is -0.352 e. The Labute approximate surface area is 90.9 Å². The summed E-state index contributed by atoms with van der Waals surface area (Å²) >= 11 is 0. The topological polar surface area (TPSA) is 92.3 Å². The summed E-state index contributed by atoms with van der Waals surface area (Å²) in [5, 5.41) is 6.38. The van der Waals surface area contributed by atoms with Gasteiger partial charge in [0.1, 0.15) is 0 Å². The van der Waals surface area contributed by atoms with E-state index in [1.165, 1.54) is 4.40 Å². The molecule has 2 aromatic rings. The van der Waals surface area contributed by atoms with Crippen LogP contribution in [0.4, 0.5) is 5.82 Å². The highest BCUT2D eigenvalue weighted by molar-refractivity contribution is 5.63. The molecule has 3 heterocycles. The number of hydrogen-bond donors (Lipinski definition) is 2. The predicted octanol–water partition coefficient (Wildman–Crippen LogP) is -1.05. The van der Waals surface area contributed by atoms with Crippen LogP contribution in [0.5, 0.6) is 0 Å². The second-order valence-corrected chi connectivity index (χ2v) is 3.97. The molecule has 1 fully saturated rings. The third-order valence-electron chi connectivity index (χ3n) is 2.84. The minimum absolute atomic E-state index is 0.174. The average molecular weight is 220 g/mol. The van der Waals surface area contributed by atoms with Crippen LogP contribution in [0, 0.1) is 0 Å². The zero-order chi connectivity index (χ0) is 11.1. The standard InChI is InChI=1S/C9H12N6O/c10-6-1-3-14(5-6)7-8-12-13-9(16)15(8)4-2-11-7/h2,4,6H,1,3,5,10H2,(H,13,16)/t6-/m0/s1. The van der Waals surface area contributed by atoms with E-state index in [0.29, 0.717) is 11.5 Å². The van der Waals surface area contributed by atoms with E-state index >= 15 is 0 Å². The number of H-pyrrole nitrogens is 1. The molecule has 0 amide bonds. The normalized spacial score (nSPS) is 20.8. The van der Waals surface area contributed by atoms with Crippen LogP contribution in [-0.2, 0) is 0 Å².